The zero-order valence-electron chi connectivity index (χ0n) is 15.9. The number of rotatable bonds is 6. The van der Waals surface area contributed by atoms with E-state index in [0.29, 0.717) is 36.8 Å². The Hall–Kier alpha value is -4.08. The lowest BCUT2D eigenvalue weighted by atomic mass is 10.1. The number of benzene rings is 1. The number of aromatic nitrogens is 7. The molecule has 4 aromatic rings. The van der Waals surface area contributed by atoms with E-state index in [0.717, 1.165) is 5.69 Å². The largest absolute Gasteiger partial charge is 0.439 e. The van der Waals surface area contributed by atoms with Crippen molar-refractivity contribution in [1.29, 1.82) is 0 Å². The van der Waals surface area contributed by atoms with Crippen molar-refractivity contribution in [2.75, 3.05) is 13.1 Å². The van der Waals surface area contributed by atoms with Gasteiger partial charge in [0.15, 0.2) is 0 Å². The summed E-state index contributed by atoms with van der Waals surface area (Å²) in [7, 11) is 0. The lowest BCUT2D eigenvalue weighted by Gasteiger charge is -2.38. The summed E-state index contributed by atoms with van der Waals surface area (Å²) in [6.07, 6.45) is 6.77. The van der Waals surface area contributed by atoms with Gasteiger partial charge >= 0.3 is 0 Å². The quantitative estimate of drug-likeness (QED) is 0.484. The summed E-state index contributed by atoms with van der Waals surface area (Å²) in [6, 6.07) is 12.7. The number of likely N-dealkylation sites (tertiary alicyclic amines) is 1. The number of carbonyl (C=O) groups is 1. The molecule has 0 N–H and O–H groups in total. The molecule has 1 aliphatic heterocycles. The molecule has 1 amide bonds. The number of hydrogen-bond donors (Lipinski definition) is 0. The second-order valence-corrected chi connectivity index (χ2v) is 6.91. The first-order chi connectivity index (χ1) is 14.7. The van der Waals surface area contributed by atoms with Crippen LogP contribution in [-0.4, -0.2) is 58.9 Å². The number of ether oxygens (including phenoxy) is 1. The van der Waals surface area contributed by atoms with Crippen LogP contribution in [0.4, 0.5) is 0 Å². The van der Waals surface area contributed by atoms with E-state index in [2.05, 4.69) is 25.5 Å². The fourth-order valence-electron chi connectivity index (χ4n) is 3.23. The van der Waals surface area contributed by atoms with E-state index in [1.165, 1.54) is 0 Å². The first-order valence-electron chi connectivity index (χ1n) is 9.47. The zero-order chi connectivity index (χ0) is 20.3. The van der Waals surface area contributed by atoms with E-state index in [9.17, 15) is 4.79 Å². The van der Waals surface area contributed by atoms with Crippen LogP contribution in [0.2, 0.25) is 0 Å². The molecule has 1 aromatic carbocycles. The average Bonchev–Trinajstić information content (AvgIpc) is 3.41. The van der Waals surface area contributed by atoms with Crippen LogP contribution in [-0.2, 0) is 6.54 Å². The smallest absolute Gasteiger partial charge is 0.254 e. The van der Waals surface area contributed by atoms with Crippen molar-refractivity contribution < 1.29 is 9.53 Å². The monoisotopic (exact) mass is 402 g/mol. The number of pyridine rings is 1. The first kappa shape index (κ1) is 18.0. The lowest BCUT2D eigenvalue weighted by Crippen LogP contribution is -2.50. The van der Waals surface area contributed by atoms with Gasteiger partial charge in [0.2, 0.25) is 5.88 Å². The van der Waals surface area contributed by atoms with Crippen molar-refractivity contribution >= 4 is 5.91 Å². The van der Waals surface area contributed by atoms with E-state index in [1.54, 1.807) is 63.3 Å². The molecule has 1 saturated heterocycles. The first-order valence-corrected chi connectivity index (χ1v) is 9.47. The van der Waals surface area contributed by atoms with Gasteiger partial charge in [-0.15, -0.1) is 5.10 Å². The Morgan fingerprint density at radius 3 is 2.73 bits per heavy atom. The Balaban J connectivity index is 1.20. The maximum Gasteiger partial charge on any atom is 0.254 e. The minimum atomic E-state index is -0.0428. The molecule has 0 radical (unpaired) electrons. The molecule has 150 valence electrons. The fourth-order valence-corrected chi connectivity index (χ4v) is 3.23. The standard InChI is InChI=1S/C20H18N8O2/c29-20(15-4-3-5-18(10-15)30-19-6-1-2-7-21-19)26-13-17(14-26)27-11-16(24-25-27)12-28-22-8-9-23-28/h1-11,17H,12-14H2. The Morgan fingerprint density at radius 1 is 1.07 bits per heavy atom. The SMILES string of the molecule is O=C(c1cccc(Oc2ccccn2)c1)N1CC(n2cc(Cn3nccn3)nn2)C1. The number of nitrogens with zero attached hydrogens (tertiary/aromatic N) is 8. The third kappa shape index (κ3) is 3.75. The molecule has 0 spiro atoms. The normalized spacial score (nSPS) is 13.8. The zero-order valence-corrected chi connectivity index (χ0v) is 15.9. The van der Waals surface area contributed by atoms with Crippen molar-refractivity contribution in [3.05, 3.63) is 78.5 Å². The molecule has 30 heavy (non-hydrogen) atoms. The molecule has 0 atom stereocenters. The third-order valence-corrected chi connectivity index (χ3v) is 4.79. The van der Waals surface area contributed by atoms with E-state index < -0.39 is 0 Å². The van der Waals surface area contributed by atoms with Crippen LogP contribution in [0.1, 0.15) is 22.1 Å². The lowest BCUT2D eigenvalue weighted by molar-refractivity contribution is 0.0498. The van der Waals surface area contributed by atoms with Crippen LogP contribution in [0.15, 0.2) is 67.3 Å². The van der Waals surface area contributed by atoms with E-state index in [1.807, 2.05) is 18.3 Å². The van der Waals surface area contributed by atoms with Gasteiger partial charge in [0.05, 0.1) is 24.6 Å². The van der Waals surface area contributed by atoms with Gasteiger partial charge in [-0.05, 0) is 24.3 Å². The molecule has 0 unspecified atom stereocenters. The predicted octanol–water partition coefficient (Wildman–Crippen LogP) is 1.80. The van der Waals surface area contributed by atoms with Gasteiger partial charge < -0.3 is 9.64 Å². The predicted molar refractivity (Wildman–Crippen MR) is 105 cm³/mol. The minimum Gasteiger partial charge on any atom is -0.439 e. The third-order valence-electron chi connectivity index (χ3n) is 4.79. The molecule has 0 saturated carbocycles. The Morgan fingerprint density at radius 2 is 1.93 bits per heavy atom. The second kappa shape index (κ2) is 7.74. The molecule has 10 heteroatoms. The van der Waals surface area contributed by atoms with Crippen LogP contribution >= 0.6 is 0 Å². The van der Waals surface area contributed by atoms with E-state index in [4.69, 9.17) is 4.74 Å². The minimum absolute atomic E-state index is 0.0428. The molecular weight excluding hydrogens is 384 g/mol. The fraction of sp³-hybridized carbons (Fsp3) is 0.200. The molecule has 3 aromatic heterocycles. The van der Waals surface area contributed by atoms with Gasteiger partial charge in [-0.3, -0.25) is 4.79 Å². The number of carbonyl (C=O) groups excluding carboxylic acids is 1. The van der Waals surface area contributed by atoms with Gasteiger partial charge in [0, 0.05) is 30.9 Å². The highest BCUT2D eigenvalue weighted by molar-refractivity contribution is 5.95. The van der Waals surface area contributed by atoms with Crippen LogP contribution in [0.25, 0.3) is 0 Å². The maximum absolute atomic E-state index is 12.8. The van der Waals surface area contributed by atoms with Crippen LogP contribution in [0.5, 0.6) is 11.6 Å². The van der Waals surface area contributed by atoms with Crippen molar-refractivity contribution in [3.8, 4) is 11.6 Å². The summed E-state index contributed by atoms with van der Waals surface area (Å²) >= 11 is 0. The number of hydrogen-bond acceptors (Lipinski definition) is 7. The highest BCUT2D eigenvalue weighted by Crippen LogP contribution is 2.25. The van der Waals surface area contributed by atoms with Gasteiger partial charge in [0.1, 0.15) is 18.0 Å². The topological polar surface area (TPSA) is 104 Å². The molecular formula is C20H18N8O2. The highest BCUT2D eigenvalue weighted by atomic mass is 16.5. The van der Waals surface area contributed by atoms with Gasteiger partial charge in [-0.2, -0.15) is 15.0 Å². The highest BCUT2D eigenvalue weighted by Gasteiger charge is 2.33. The van der Waals surface area contributed by atoms with Crippen molar-refractivity contribution in [3.63, 3.8) is 0 Å². The molecule has 5 rings (SSSR count). The van der Waals surface area contributed by atoms with Gasteiger partial charge in [-0.1, -0.05) is 17.3 Å². The van der Waals surface area contributed by atoms with Crippen LogP contribution < -0.4 is 4.74 Å². The van der Waals surface area contributed by atoms with Crippen molar-refractivity contribution in [2.45, 2.75) is 12.6 Å². The molecule has 10 nitrogen and oxygen atoms in total. The Kier molecular flexibility index (Phi) is 4.64. The number of amides is 1. The maximum atomic E-state index is 12.8. The molecule has 0 bridgehead atoms. The average molecular weight is 402 g/mol. The van der Waals surface area contributed by atoms with E-state index in [-0.39, 0.29) is 11.9 Å². The van der Waals surface area contributed by atoms with E-state index >= 15 is 0 Å². The summed E-state index contributed by atoms with van der Waals surface area (Å²) in [5.74, 6) is 1.02. The van der Waals surface area contributed by atoms with Crippen LogP contribution in [0.3, 0.4) is 0 Å². The summed E-state index contributed by atoms with van der Waals surface area (Å²) in [4.78, 5) is 20.3. The Labute approximate surface area is 171 Å². The summed E-state index contributed by atoms with van der Waals surface area (Å²) < 4.78 is 7.52. The van der Waals surface area contributed by atoms with Crippen LogP contribution in [0, 0.1) is 0 Å². The van der Waals surface area contributed by atoms with Crippen molar-refractivity contribution in [1.82, 2.24) is 39.9 Å². The summed E-state index contributed by atoms with van der Waals surface area (Å²) in [5.41, 5.74) is 1.35. The van der Waals surface area contributed by atoms with Gasteiger partial charge in [-0.25, -0.2) is 9.67 Å². The Bertz CT molecular complexity index is 1140. The van der Waals surface area contributed by atoms with Crippen molar-refractivity contribution in [2.24, 2.45) is 0 Å². The van der Waals surface area contributed by atoms with Gasteiger partial charge in [0.25, 0.3) is 5.91 Å². The molecule has 1 aliphatic rings. The molecule has 0 aliphatic carbocycles. The second-order valence-electron chi connectivity index (χ2n) is 6.91. The molecule has 4 heterocycles. The summed E-state index contributed by atoms with van der Waals surface area (Å²) in [5, 5.41) is 16.5. The molecule has 1 fully saturated rings. The summed E-state index contributed by atoms with van der Waals surface area (Å²) in [6.45, 7) is 1.62.